The number of aromatic nitrogens is 2. The second kappa shape index (κ2) is 5.98. The molecule has 1 aromatic carbocycles. The highest BCUT2D eigenvalue weighted by Gasteiger charge is 2.31. The van der Waals surface area contributed by atoms with Gasteiger partial charge in [0.1, 0.15) is 5.15 Å². The van der Waals surface area contributed by atoms with Gasteiger partial charge in [-0.1, -0.05) is 48.9 Å². The second-order valence-electron chi connectivity index (χ2n) is 5.36. The summed E-state index contributed by atoms with van der Waals surface area (Å²) < 4.78 is 1.73. The lowest BCUT2D eigenvalue weighted by atomic mass is 9.73. The van der Waals surface area contributed by atoms with Crippen molar-refractivity contribution < 1.29 is 0 Å². The molecule has 0 fully saturated rings. The van der Waals surface area contributed by atoms with Crippen molar-refractivity contribution in [3.8, 4) is 0 Å². The molecule has 3 nitrogen and oxygen atoms in total. The van der Waals surface area contributed by atoms with Gasteiger partial charge in [-0.25, -0.2) is 0 Å². The van der Waals surface area contributed by atoms with Crippen molar-refractivity contribution in [2.45, 2.75) is 32.1 Å². The van der Waals surface area contributed by atoms with Gasteiger partial charge >= 0.3 is 0 Å². The lowest BCUT2D eigenvalue weighted by molar-refractivity contribution is 0.417. The molecule has 1 aromatic heterocycles. The molecule has 0 radical (unpaired) electrons. The number of nitrogens with zero attached hydrogens (tertiary/aromatic N) is 2. The maximum Gasteiger partial charge on any atom is 0.130 e. The Morgan fingerprint density at radius 3 is 2.40 bits per heavy atom. The van der Waals surface area contributed by atoms with Crippen LogP contribution in [0.4, 0.5) is 0 Å². The average molecular weight is 292 g/mol. The zero-order valence-electron chi connectivity index (χ0n) is 12.4. The maximum atomic E-state index is 6.38. The third-order valence-electron chi connectivity index (χ3n) is 4.24. The van der Waals surface area contributed by atoms with Crippen molar-refractivity contribution in [3.63, 3.8) is 0 Å². The van der Waals surface area contributed by atoms with Crippen LogP contribution in [0.3, 0.4) is 0 Å². The zero-order chi connectivity index (χ0) is 14.8. The first kappa shape index (κ1) is 15.1. The zero-order valence-corrected chi connectivity index (χ0v) is 13.1. The van der Waals surface area contributed by atoms with Gasteiger partial charge in [0.25, 0.3) is 0 Å². The molecule has 4 heteroatoms. The van der Waals surface area contributed by atoms with Gasteiger partial charge in [0, 0.05) is 24.6 Å². The summed E-state index contributed by atoms with van der Waals surface area (Å²) in [6.07, 6.45) is 1.79. The fourth-order valence-electron chi connectivity index (χ4n) is 2.77. The summed E-state index contributed by atoms with van der Waals surface area (Å²) in [7, 11) is 1.87. The van der Waals surface area contributed by atoms with Crippen LogP contribution in [0, 0.1) is 6.92 Å². The summed E-state index contributed by atoms with van der Waals surface area (Å²) in [6.45, 7) is 4.78. The first-order valence-corrected chi connectivity index (χ1v) is 7.35. The molecule has 1 atom stereocenters. The van der Waals surface area contributed by atoms with Crippen molar-refractivity contribution in [3.05, 3.63) is 52.3 Å². The van der Waals surface area contributed by atoms with Crippen molar-refractivity contribution in [1.29, 1.82) is 0 Å². The predicted molar refractivity (Wildman–Crippen MR) is 84.1 cm³/mol. The Bertz CT molecular complexity index is 571. The fourth-order valence-corrected chi connectivity index (χ4v) is 3.01. The summed E-state index contributed by atoms with van der Waals surface area (Å²) in [6, 6.07) is 10.5. The molecule has 0 aliphatic heterocycles. The smallest absolute Gasteiger partial charge is 0.130 e. The van der Waals surface area contributed by atoms with Crippen LogP contribution in [0.1, 0.15) is 30.2 Å². The monoisotopic (exact) mass is 291 g/mol. The Hall–Kier alpha value is -1.32. The third kappa shape index (κ3) is 2.60. The lowest BCUT2D eigenvalue weighted by Gasteiger charge is -2.32. The Kier molecular flexibility index (Phi) is 4.51. The predicted octanol–water partition coefficient (Wildman–Crippen LogP) is 3.23. The quantitative estimate of drug-likeness (QED) is 0.919. The molecular weight excluding hydrogens is 270 g/mol. The highest BCUT2D eigenvalue weighted by molar-refractivity contribution is 6.30. The Balaban J connectivity index is 2.45. The molecule has 2 N–H and O–H groups in total. The Morgan fingerprint density at radius 1 is 1.30 bits per heavy atom. The summed E-state index contributed by atoms with van der Waals surface area (Å²) >= 11 is 6.38. The van der Waals surface area contributed by atoms with Crippen LogP contribution in [-0.2, 0) is 18.9 Å². The van der Waals surface area contributed by atoms with E-state index >= 15 is 0 Å². The van der Waals surface area contributed by atoms with E-state index in [9.17, 15) is 0 Å². The third-order valence-corrected chi connectivity index (χ3v) is 4.71. The van der Waals surface area contributed by atoms with E-state index in [1.54, 1.807) is 4.68 Å². The minimum absolute atomic E-state index is 0.0846. The van der Waals surface area contributed by atoms with Gasteiger partial charge in [-0.2, -0.15) is 5.10 Å². The van der Waals surface area contributed by atoms with E-state index < -0.39 is 0 Å². The molecule has 1 unspecified atom stereocenters. The number of benzene rings is 1. The topological polar surface area (TPSA) is 43.8 Å². The normalized spacial score (nSPS) is 14.2. The molecule has 0 amide bonds. The SMILES string of the molecule is CCC(CN)(Cc1c(C)nn(C)c1Cl)c1ccccc1. The van der Waals surface area contributed by atoms with Crippen LogP contribution in [-0.4, -0.2) is 16.3 Å². The number of aryl methyl sites for hydroxylation is 2. The molecule has 0 aliphatic rings. The van der Waals surface area contributed by atoms with Crippen LogP contribution in [0.2, 0.25) is 5.15 Å². The van der Waals surface area contributed by atoms with E-state index in [1.165, 1.54) is 5.56 Å². The van der Waals surface area contributed by atoms with E-state index in [-0.39, 0.29) is 5.41 Å². The summed E-state index contributed by atoms with van der Waals surface area (Å²) in [5.74, 6) is 0. The van der Waals surface area contributed by atoms with E-state index in [0.29, 0.717) is 11.7 Å². The average Bonchev–Trinajstić information content (AvgIpc) is 2.71. The minimum Gasteiger partial charge on any atom is -0.330 e. The van der Waals surface area contributed by atoms with Gasteiger partial charge in [-0.05, 0) is 25.3 Å². The van der Waals surface area contributed by atoms with Crippen LogP contribution in [0.15, 0.2) is 30.3 Å². The molecule has 0 saturated carbocycles. The molecule has 2 aromatic rings. The highest BCUT2D eigenvalue weighted by Crippen LogP contribution is 2.34. The fraction of sp³-hybridized carbons (Fsp3) is 0.438. The minimum atomic E-state index is -0.0846. The number of nitrogens with two attached hydrogens (primary N) is 1. The number of hydrogen-bond acceptors (Lipinski definition) is 2. The van der Waals surface area contributed by atoms with E-state index in [4.69, 9.17) is 17.3 Å². The summed E-state index contributed by atoms with van der Waals surface area (Å²) in [4.78, 5) is 0. The van der Waals surface area contributed by atoms with E-state index in [0.717, 1.165) is 24.1 Å². The molecule has 0 spiro atoms. The van der Waals surface area contributed by atoms with Crippen LogP contribution < -0.4 is 5.73 Å². The standard InChI is InChI=1S/C16H22ClN3/c1-4-16(11-18,13-8-6-5-7-9-13)10-14-12(2)19-20(3)15(14)17/h5-9H,4,10-11,18H2,1-3H3. The van der Waals surface area contributed by atoms with Gasteiger partial charge in [-0.15, -0.1) is 0 Å². The summed E-state index contributed by atoms with van der Waals surface area (Å²) in [5.41, 5.74) is 9.41. The van der Waals surface area contributed by atoms with Crippen molar-refractivity contribution in [1.82, 2.24) is 9.78 Å². The van der Waals surface area contributed by atoms with Crippen LogP contribution >= 0.6 is 11.6 Å². The maximum absolute atomic E-state index is 6.38. The molecule has 2 rings (SSSR count). The van der Waals surface area contributed by atoms with Gasteiger partial charge in [0.2, 0.25) is 0 Å². The second-order valence-corrected chi connectivity index (χ2v) is 5.72. The molecule has 0 saturated heterocycles. The molecule has 0 aliphatic carbocycles. The van der Waals surface area contributed by atoms with Crippen LogP contribution in [0.5, 0.6) is 0 Å². The largest absolute Gasteiger partial charge is 0.330 e. The first-order chi connectivity index (χ1) is 9.54. The van der Waals surface area contributed by atoms with Crippen molar-refractivity contribution >= 4 is 11.6 Å². The summed E-state index contributed by atoms with van der Waals surface area (Å²) in [5, 5.41) is 5.11. The molecule has 108 valence electrons. The molecule has 1 heterocycles. The van der Waals surface area contributed by atoms with Gasteiger partial charge in [-0.3, -0.25) is 4.68 Å². The molecule has 20 heavy (non-hydrogen) atoms. The number of halogens is 1. The van der Waals surface area contributed by atoms with Gasteiger partial charge in [0.15, 0.2) is 0 Å². The van der Waals surface area contributed by atoms with Gasteiger partial charge in [0.05, 0.1) is 5.69 Å². The van der Waals surface area contributed by atoms with Crippen molar-refractivity contribution in [2.75, 3.05) is 6.54 Å². The Morgan fingerprint density at radius 2 is 1.95 bits per heavy atom. The number of rotatable bonds is 5. The molecule has 0 bridgehead atoms. The van der Waals surface area contributed by atoms with Crippen molar-refractivity contribution in [2.24, 2.45) is 12.8 Å². The number of hydrogen-bond donors (Lipinski definition) is 1. The van der Waals surface area contributed by atoms with E-state index in [2.05, 4.69) is 36.3 Å². The lowest BCUT2D eigenvalue weighted by Crippen LogP contribution is -2.37. The Labute approximate surface area is 125 Å². The highest BCUT2D eigenvalue weighted by atomic mass is 35.5. The molecular formula is C16H22ClN3. The first-order valence-electron chi connectivity index (χ1n) is 6.97. The van der Waals surface area contributed by atoms with Crippen LogP contribution in [0.25, 0.3) is 0 Å². The van der Waals surface area contributed by atoms with Gasteiger partial charge < -0.3 is 5.73 Å². The van der Waals surface area contributed by atoms with E-state index in [1.807, 2.05) is 20.0 Å².